The normalized spacial score (nSPS) is 12.9. The predicted octanol–water partition coefficient (Wildman–Crippen LogP) is 3.47. The van der Waals surface area contributed by atoms with Crippen molar-refractivity contribution in [3.8, 4) is 0 Å². The standard InChI is InChI=1S/C9H10Cl2OS/c1-6(12)5-13-9-4-7(10)2-3-8(9)11/h2-4,6,12H,5H2,1H3/t6-/m1/s1. The average Bonchev–Trinajstić information content (AvgIpc) is 2.06. The molecule has 1 N–H and O–H groups in total. The number of rotatable bonds is 3. The Hall–Kier alpha value is 0.110. The summed E-state index contributed by atoms with van der Waals surface area (Å²) >= 11 is 13.2. The molecule has 72 valence electrons. The first kappa shape index (κ1) is 11.2. The van der Waals surface area contributed by atoms with Gasteiger partial charge >= 0.3 is 0 Å². The molecule has 0 unspecified atom stereocenters. The smallest absolute Gasteiger partial charge is 0.0606 e. The van der Waals surface area contributed by atoms with E-state index in [1.807, 2.05) is 0 Å². The molecule has 1 rings (SSSR count). The van der Waals surface area contributed by atoms with Crippen molar-refractivity contribution in [3.63, 3.8) is 0 Å². The van der Waals surface area contributed by atoms with Gasteiger partial charge in [-0.15, -0.1) is 11.8 Å². The van der Waals surface area contributed by atoms with Crippen LogP contribution in [-0.4, -0.2) is 17.0 Å². The first-order valence-electron chi connectivity index (χ1n) is 3.85. The van der Waals surface area contributed by atoms with Gasteiger partial charge < -0.3 is 5.11 Å². The fourth-order valence-electron chi connectivity index (χ4n) is 0.798. The van der Waals surface area contributed by atoms with Crippen molar-refractivity contribution in [2.45, 2.75) is 17.9 Å². The molecule has 0 saturated heterocycles. The third kappa shape index (κ3) is 3.77. The molecule has 1 atom stereocenters. The van der Waals surface area contributed by atoms with Crippen molar-refractivity contribution < 1.29 is 5.11 Å². The van der Waals surface area contributed by atoms with Crippen LogP contribution < -0.4 is 0 Å². The number of benzene rings is 1. The van der Waals surface area contributed by atoms with Gasteiger partial charge in [0.25, 0.3) is 0 Å². The summed E-state index contributed by atoms with van der Waals surface area (Å²) in [7, 11) is 0. The summed E-state index contributed by atoms with van der Waals surface area (Å²) in [5.74, 6) is 0.625. The quantitative estimate of drug-likeness (QED) is 0.812. The zero-order valence-corrected chi connectivity index (χ0v) is 9.46. The first-order chi connectivity index (χ1) is 6.09. The molecule has 0 aliphatic carbocycles. The molecule has 1 aromatic rings. The van der Waals surface area contributed by atoms with Crippen molar-refractivity contribution in [1.29, 1.82) is 0 Å². The molecule has 0 radical (unpaired) electrons. The van der Waals surface area contributed by atoms with E-state index >= 15 is 0 Å². The Labute approximate surface area is 92.1 Å². The molecule has 0 spiro atoms. The Morgan fingerprint density at radius 1 is 1.46 bits per heavy atom. The summed E-state index contributed by atoms with van der Waals surface area (Å²) in [6, 6.07) is 5.31. The molecule has 0 heterocycles. The minimum Gasteiger partial charge on any atom is -0.393 e. The molecular weight excluding hydrogens is 227 g/mol. The molecule has 1 nitrogen and oxygen atoms in total. The summed E-state index contributed by atoms with van der Waals surface area (Å²) < 4.78 is 0. The number of hydrogen-bond acceptors (Lipinski definition) is 2. The van der Waals surface area contributed by atoms with E-state index in [4.69, 9.17) is 28.3 Å². The van der Waals surface area contributed by atoms with Crippen LogP contribution in [0.25, 0.3) is 0 Å². The fourth-order valence-corrected chi connectivity index (χ4v) is 2.15. The summed E-state index contributed by atoms with van der Waals surface area (Å²) in [4.78, 5) is 0.912. The molecule has 0 aliphatic heterocycles. The third-order valence-electron chi connectivity index (χ3n) is 1.37. The van der Waals surface area contributed by atoms with E-state index in [1.165, 1.54) is 11.8 Å². The van der Waals surface area contributed by atoms with Crippen LogP contribution in [0, 0.1) is 0 Å². The number of halogens is 2. The molecule has 0 amide bonds. The Morgan fingerprint density at radius 2 is 2.15 bits per heavy atom. The highest BCUT2D eigenvalue weighted by Gasteiger charge is 2.03. The Kier molecular flexibility index (Phi) is 4.39. The van der Waals surface area contributed by atoms with Crippen molar-refractivity contribution in [3.05, 3.63) is 28.2 Å². The van der Waals surface area contributed by atoms with E-state index in [0.29, 0.717) is 15.8 Å². The van der Waals surface area contributed by atoms with Crippen molar-refractivity contribution in [1.82, 2.24) is 0 Å². The van der Waals surface area contributed by atoms with Crippen LogP contribution in [0.3, 0.4) is 0 Å². The highest BCUT2D eigenvalue weighted by atomic mass is 35.5. The van der Waals surface area contributed by atoms with Gasteiger partial charge in [0.2, 0.25) is 0 Å². The zero-order chi connectivity index (χ0) is 9.84. The van der Waals surface area contributed by atoms with Gasteiger partial charge in [-0.25, -0.2) is 0 Å². The summed E-state index contributed by atoms with van der Waals surface area (Å²) in [6.45, 7) is 1.74. The van der Waals surface area contributed by atoms with Crippen LogP contribution in [0.15, 0.2) is 23.1 Å². The van der Waals surface area contributed by atoms with Gasteiger partial charge in [0, 0.05) is 15.7 Å². The second kappa shape index (κ2) is 5.11. The highest BCUT2D eigenvalue weighted by molar-refractivity contribution is 7.99. The second-order valence-electron chi connectivity index (χ2n) is 2.73. The lowest BCUT2D eigenvalue weighted by Gasteiger charge is -2.05. The maximum atomic E-state index is 9.08. The second-order valence-corrected chi connectivity index (χ2v) is 4.64. The number of hydrogen-bond donors (Lipinski definition) is 1. The number of aliphatic hydroxyl groups excluding tert-OH is 1. The lowest BCUT2D eigenvalue weighted by Crippen LogP contribution is -2.02. The lowest BCUT2D eigenvalue weighted by molar-refractivity contribution is 0.220. The van der Waals surface area contributed by atoms with Crippen LogP contribution in [-0.2, 0) is 0 Å². The van der Waals surface area contributed by atoms with Crippen molar-refractivity contribution >= 4 is 35.0 Å². The van der Waals surface area contributed by atoms with Crippen molar-refractivity contribution in [2.75, 3.05) is 5.75 Å². The minimum absolute atomic E-state index is 0.333. The van der Waals surface area contributed by atoms with Crippen LogP contribution in [0.1, 0.15) is 6.92 Å². The van der Waals surface area contributed by atoms with Gasteiger partial charge in [0.15, 0.2) is 0 Å². The largest absolute Gasteiger partial charge is 0.393 e. The third-order valence-corrected chi connectivity index (χ3v) is 3.35. The lowest BCUT2D eigenvalue weighted by atomic mass is 10.4. The monoisotopic (exact) mass is 236 g/mol. The predicted molar refractivity (Wildman–Crippen MR) is 58.9 cm³/mol. The number of aliphatic hydroxyl groups is 1. The van der Waals surface area contributed by atoms with E-state index in [-0.39, 0.29) is 6.10 Å². The van der Waals surface area contributed by atoms with E-state index < -0.39 is 0 Å². The molecule has 0 saturated carbocycles. The summed E-state index contributed by atoms with van der Waals surface area (Å²) in [6.07, 6.45) is -0.333. The molecule has 0 aromatic heterocycles. The van der Waals surface area contributed by atoms with E-state index in [0.717, 1.165) is 4.90 Å². The van der Waals surface area contributed by atoms with Gasteiger partial charge in [-0.1, -0.05) is 23.2 Å². The van der Waals surface area contributed by atoms with Crippen LogP contribution in [0.2, 0.25) is 10.0 Å². The van der Waals surface area contributed by atoms with Gasteiger partial charge in [-0.3, -0.25) is 0 Å². The maximum Gasteiger partial charge on any atom is 0.0606 e. The SMILES string of the molecule is C[C@@H](O)CSc1cc(Cl)ccc1Cl. The molecule has 13 heavy (non-hydrogen) atoms. The fraction of sp³-hybridized carbons (Fsp3) is 0.333. The summed E-state index contributed by atoms with van der Waals surface area (Å²) in [5, 5.41) is 10.4. The molecule has 1 aromatic carbocycles. The van der Waals surface area contributed by atoms with Crippen LogP contribution >= 0.6 is 35.0 Å². The van der Waals surface area contributed by atoms with Gasteiger partial charge in [0.1, 0.15) is 0 Å². The molecule has 0 fully saturated rings. The van der Waals surface area contributed by atoms with Crippen LogP contribution in [0.4, 0.5) is 0 Å². The minimum atomic E-state index is -0.333. The van der Waals surface area contributed by atoms with Gasteiger partial charge in [0.05, 0.1) is 11.1 Å². The van der Waals surface area contributed by atoms with Gasteiger partial charge in [-0.2, -0.15) is 0 Å². The molecular formula is C9H10Cl2OS. The maximum absolute atomic E-state index is 9.08. The average molecular weight is 237 g/mol. The topological polar surface area (TPSA) is 20.2 Å². The Morgan fingerprint density at radius 3 is 2.77 bits per heavy atom. The highest BCUT2D eigenvalue weighted by Crippen LogP contribution is 2.30. The zero-order valence-electron chi connectivity index (χ0n) is 7.13. The van der Waals surface area contributed by atoms with E-state index in [1.54, 1.807) is 25.1 Å². The molecule has 0 bridgehead atoms. The van der Waals surface area contributed by atoms with Crippen LogP contribution in [0.5, 0.6) is 0 Å². The van der Waals surface area contributed by atoms with E-state index in [9.17, 15) is 0 Å². The van der Waals surface area contributed by atoms with Crippen molar-refractivity contribution in [2.24, 2.45) is 0 Å². The van der Waals surface area contributed by atoms with Gasteiger partial charge in [-0.05, 0) is 25.1 Å². The summed E-state index contributed by atoms with van der Waals surface area (Å²) in [5.41, 5.74) is 0. The number of thioether (sulfide) groups is 1. The van der Waals surface area contributed by atoms with E-state index in [2.05, 4.69) is 0 Å². The first-order valence-corrected chi connectivity index (χ1v) is 5.59. The Bertz CT molecular complexity index is 289. The molecule has 0 aliphatic rings. The molecule has 4 heteroatoms. The Balaban J connectivity index is 2.70.